The Kier molecular flexibility index (Phi) is 5.93. The fourth-order valence-corrected chi connectivity index (χ4v) is 2.28. The SMILES string of the molecule is COC(=O)C[C@@H](C)C(=O)N[C@H](C)Cc1c(C)nn(C)c1C. The van der Waals surface area contributed by atoms with Crippen LogP contribution < -0.4 is 5.32 Å². The van der Waals surface area contributed by atoms with Crippen molar-refractivity contribution in [1.82, 2.24) is 15.1 Å². The fourth-order valence-electron chi connectivity index (χ4n) is 2.28. The number of carbonyl (C=O) groups excluding carboxylic acids is 2. The van der Waals surface area contributed by atoms with E-state index in [4.69, 9.17) is 0 Å². The lowest BCUT2D eigenvalue weighted by Crippen LogP contribution is -2.38. The molecule has 0 fully saturated rings. The second-order valence-electron chi connectivity index (χ2n) is 5.57. The Bertz CT molecular complexity index is 522. The van der Waals surface area contributed by atoms with Gasteiger partial charge in [0.15, 0.2) is 0 Å². The van der Waals surface area contributed by atoms with Crippen molar-refractivity contribution in [3.63, 3.8) is 0 Å². The molecule has 0 saturated heterocycles. The lowest BCUT2D eigenvalue weighted by Gasteiger charge is -2.17. The Morgan fingerprint density at radius 3 is 2.43 bits per heavy atom. The summed E-state index contributed by atoms with van der Waals surface area (Å²) >= 11 is 0. The Morgan fingerprint density at radius 2 is 1.95 bits per heavy atom. The maximum atomic E-state index is 12.0. The van der Waals surface area contributed by atoms with E-state index in [1.165, 1.54) is 7.11 Å². The van der Waals surface area contributed by atoms with Gasteiger partial charge in [-0.2, -0.15) is 5.10 Å². The third kappa shape index (κ3) is 4.58. The molecular formula is C15H25N3O3. The number of esters is 1. The van der Waals surface area contributed by atoms with E-state index in [-0.39, 0.29) is 24.3 Å². The molecule has 0 unspecified atom stereocenters. The van der Waals surface area contributed by atoms with E-state index in [1.54, 1.807) is 6.92 Å². The summed E-state index contributed by atoms with van der Waals surface area (Å²) in [5, 5.41) is 7.31. The van der Waals surface area contributed by atoms with E-state index in [0.29, 0.717) is 0 Å². The highest BCUT2D eigenvalue weighted by Gasteiger charge is 2.20. The van der Waals surface area contributed by atoms with Crippen LogP contribution in [0.4, 0.5) is 0 Å². The van der Waals surface area contributed by atoms with Crippen LogP contribution >= 0.6 is 0 Å². The summed E-state index contributed by atoms with van der Waals surface area (Å²) in [5.41, 5.74) is 3.25. The lowest BCUT2D eigenvalue weighted by atomic mass is 10.0. The summed E-state index contributed by atoms with van der Waals surface area (Å²) in [4.78, 5) is 23.2. The third-order valence-corrected chi connectivity index (χ3v) is 3.71. The van der Waals surface area contributed by atoms with E-state index in [2.05, 4.69) is 15.2 Å². The maximum absolute atomic E-state index is 12.0. The van der Waals surface area contributed by atoms with Gasteiger partial charge in [-0.15, -0.1) is 0 Å². The number of ether oxygens (including phenoxy) is 1. The first-order valence-electron chi connectivity index (χ1n) is 7.12. The molecule has 6 nitrogen and oxygen atoms in total. The van der Waals surface area contributed by atoms with Gasteiger partial charge in [0.25, 0.3) is 0 Å². The molecule has 0 spiro atoms. The molecule has 0 aliphatic rings. The zero-order valence-corrected chi connectivity index (χ0v) is 13.7. The Labute approximate surface area is 125 Å². The van der Waals surface area contributed by atoms with Gasteiger partial charge in [0.1, 0.15) is 0 Å². The molecule has 118 valence electrons. The number of carbonyl (C=O) groups is 2. The number of aromatic nitrogens is 2. The minimum Gasteiger partial charge on any atom is -0.469 e. The summed E-state index contributed by atoms with van der Waals surface area (Å²) in [7, 11) is 3.23. The van der Waals surface area contributed by atoms with Crippen molar-refractivity contribution in [2.75, 3.05) is 7.11 Å². The summed E-state index contributed by atoms with van der Waals surface area (Å²) in [6.07, 6.45) is 0.822. The number of amides is 1. The van der Waals surface area contributed by atoms with E-state index in [1.807, 2.05) is 32.5 Å². The minimum atomic E-state index is -0.393. The molecule has 0 radical (unpaired) electrons. The Morgan fingerprint density at radius 1 is 1.33 bits per heavy atom. The smallest absolute Gasteiger partial charge is 0.306 e. The van der Waals surface area contributed by atoms with Gasteiger partial charge in [0, 0.05) is 24.7 Å². The van der Waals surface area contributed by atoms with Crippen molar-refractivity contribution in [3.05, 3.63) is 17.0 Å². The minimum absolute atomic E-state index is 0.0146. The van der Waals surface area contributed by atoms with E-state index in [0.717, 1.165) is 23.4 Å². The van der Waals surface area contributed by atoms with Gasteiger partial charge in [-0.1, -0.05) is 6.92 Å². The van der Waals surface area contributed by atoms with Crippen molar-refractivity contribution in [1.29, 1.82) is 0 Å². The summed E-state index contributed by atoms with van der Waals surface area (Å²) in [6, 6.07) is -0.0146. The molecule has 1 aromatic rings. The van der Waals surface area contributed by atoms with Crippen molar-refractivity contribution in [2.45, 2.75) is 46.6 Å². The first kappa shape index (κ1) is 17.2. The van der Waals surface area contributed by atoms with Crippen LogP contribution in [0.2, 0.25) is 0 Å². The number of methoxy groups -OCH3 is 1. The number of nitrogens with zero attached hydrogens (tertiary/aromatic N) is 2. The van der Waals surface area contributed by atoms with E-state index < -0.39 is 5.92 Å². The molecule has 0 bridgehead atoms. The second-order valence-corrected chi connectivity index (χ2v) is 5.57. The predicted molar refractivity (Wildman–Crippen MR) is 79.8 cm³/mol. The molecule has 6 heteroatoms. The highest BCUT2D eigenvalue weighted by molar-refractivity contribution is 5.83. The molecule has 0 aromatic carbocycles. The van der Waals surface area contributed by atoms with Crippen LogP contribution in [0.3, 0.4) is 0 Å². The van der Waals surface area contributed by atoms with Crippen LogP contribution in [0.15, 0.2) is 0 Å². The molecule has 0 aliphatic carbocycles. The zero-order chi connectivity index (χ0) is 16.2. The summed E-state index contributed by atoms with van der Waals surface area (Å²) in [5.74, 6) is -0.896. The monoisotopic (exact) mass is 295 g/mol. The van der Waals surface area contributed by atoms with E-state index in [9.17, 15) is 9.59 Å². The van der Waals surface area contributed by atoms with Crippen LogP contribution in [0.1, 0.15) is 37.2 Å². The van der Waals surface area contributed by atoms with Gasteiger partial charge < -0.3 is 10.1 Å². The van der Waals surface area contributed by atoms with Crippen LogP contribution in [-0.2, 0) is 27.8 Å². The van der Waals surface area contributed by atoms with Crippen molar-refractivity contribution < 1.29 is 14.3 Å². The zero-order valence-electron chi connectivity index (χ0n) is 13.7. The van der Waals surface area contributed by atoms with Gasteiger partial charge >= 0.3 is 5.97 Å². The van der Waals surface area contributed by atoms with Gasteiger partial charge in [0.05, 0.1) is 19.2 Å². The van der Waals surface area contributed by atoms with Crippen molar-refractivity contribution >= 4 is 11.9 Å². The van der Waals surface area contributed by atoms with E-state index >= 15 is 0 Å². The molecule has 2 atom stereocenters. The predicted octanol–water partition coefficient (Wildman–Crippen LogP) is 1.28. The maximum Gasteiger partial charge on any atom is 0.306 e. The largest absolute Gasteiger partial charge is 0.469 e. The highest BCUT2D eigenvalue weighted by Crippen LogP contribution is 2.14. The third-order valence-electron chi connectivity index (χ3n) is 3.71. The van der Waals surface area contributed by atoms with Gasteiger partial charge in [-0.3, -0.25) is 14.3 Å². The molecule has 1 amide bonds. The highest BCUT2D eigenvalue weighted by atomic mass is 16.5. The fraction of sp³-hybridized carbons (Fsp3) is 0.667. The average Bonchev–Trinajstić information content (AvgIpc) is 2.65. The molecular weight excluding hydrogens is 270 g/mol. The average molecular weight is 295 g/mol. The van der Waals surface area contributed by atoms with Crippen LogP contribution in [0.5, 0.6) is 0 Å². The van der Waals surface area contributed by atoms with Crippen LogP contribution in [-0.4, -0.2) is 34.8 Å². The van der Waals surface area contributed by atoms with Gasteiger partial charge in [-0.25, -0.2) is 0 Å². The Hall–Kier alpha value is -1.85. The van der Waals surface area contributed by atoms with Crippen molar-refractivity contribution in [3.8, 4) is 0 Å². The quantitative estimate of drug-likeness (QED) is 0.802. The first-order valence-corrected chi connectivity index (χ1v) is 7.12. The molecule has 0 saturated carbocycles. The molecule has 1 N–H and O–H groups in total. The van der Waals surface area contributed by atoms with Crippen LogP contribution in [0.25, 0.3) is 0 Å². The molecule has 1 rings (SSSR count). The van der Waals surface area contributed by atoms with Gasteiger partial charge in [0.2, 0.25) is 5.91 Å². The Balaban J connectivity index is 2.59. The van der Waals surface area contributed by atoms with Gasteiger partial charge in [-0.05, 0) is 32.8 Å². The topological polar surface area (TPSA) is 73.2 Å². The summed E-state index contributed by atoms with van der Waals surface area (Å²) < 4.78 is 6.42. The molecule has 21 heavy (non-hydrogen) atoms. The number of nitrogens with one attached hydrogen (secondary N) is 1. The molecule has 0 aliphatic heterocycles. The van der Waals surface area contributed by atoms with Crippen LogP contribution in [0, 0.1) is 19.8 Å². The standard InChI is InChI=1S/C15H25N3O3/c1-9(7-14(19)21-6)15(20)16-10(2)8-13-11(3)17-18(5)12(13)4/h9-10H,7-8H2,1-6H3,(H,16,20)/t9-,10-/m1/s1. The lowest BCUT2D eigenvalue weighted by molar-refractivity contribution is -0.144. The normalized spacial score (nSPS) is 13.6. The summed E-state index contributed by atoms with van der Waals surface area (Å²) in [6.45, 7) is 7.66. The second kappa shape index (κ2) is 7.24. The number of rotatable bonds is 6. The number of hydrogen-bond acceptors (Lipinski definition) is 4. The first-order chi connectivity index (χ1) is 9.76. The number of hydrogen-bond donors (Lipinski definition) is 1. The van der Waals surface area contributed by atoms with Crippen molar-refractivity contribution in [2.24, 2.45) is 13.0 Å². The number of aryl methyl sites for hydroxylation is 2. The molecule has 1 aromatic heterocycles. The molecule has 1 heterocycles.